The number of aromatic nitrogens is 2. The Labute approximate surface area is 225 Å². The Balaban J connectivity index is 1.02. The largest absolute Gasteiger partial charge is 0.230 e. The fraction of sp³-hybridized carbons (Fsp3) is 0.0714. The third-order valence-corrected chi connectivity index (χ3v) is 10.9. The van der Waals surface area contributed by atoms with Gasteiger partial charge in [-0.1, -0.05) is 83.8 Å². The average molecular weight is 545 g/mol. The standard InChI is InChI=1S/C28H20N2S5/c1-3-7-25-23(5-1)29-27(34-25)31-17-19-9-13-21(14-10-19)33-22-15-11-20(12-16-22)18-32-28-30-24-6-2-4-8-26(24)35-28/h1-16H,17-18H2. The van der Waals surface area contributed by atoms with Crippen molar-refractivity contribution in [2.24, 2.45) is 0 Å². The normalized spacial score (nSPS) is 11.4. The molecule has 2 aromatic heterocycles. The quantitative estimate of drug-likeness (QED) is 0.178. The topological polar surface area (TPSA) is 25.8 Å². The molecule has 6 rings (SSSR count). The van der Waals surface area contributed by atoms with Gasteiger partial charge >= 0.3 is 0 Å². The van der Waals surface area contributed by atoms with Crippen LogP contribution in [0.3, 0.4) is 0 Å². The van der Waals surface area contributed by atoms with Crippen molar-refractivity contribution in [1.82, 2.24) is 9.97 Å². The molecule has 0 radical (unpaired) electrons. The van der Waals surface area contributed by atoms with E-state index in [9.17, 15) is 0 Å². The number of benzene rings is 4. The molecule has 0 aliphatic rings. The molecule has 0 spiro atoms. The average Bonchev–Trinajstić information content (AvgIpc) is 3.51. The van der Waals surface area contributed by atoms with Crippen molar-refractivity contribution in [3.63, 3.8) is 0 Å². The lowest BCUT2D eigenvalue weighted by molar-refractivity contribution is 1.28. The molecule has 0 unspecified atom stereocenters. The maximum Gasteiger partial charge on any atom is 0.151 e. The molecular weight excluding hydrogens is 525 g/mol. The van der Waals surface area contributed by atoms with E-state index in [4.69, 9.17) is 9.97 Å². The van der Waals surface area contributed by atoms with Crippen LogP contribution in [0.5, 0.6) is 0 Å². The third kappa shape index (κ3) is 5.76. The first-order valence-electron chi connectivity index (χ1n) is 11.1. The van der Waals surface area contributed by atoms with Gasteiger partial charge in [0.05, 0.1) is 20.4 Å². The van der Waals surface area contributed by atoms with Crippen LogP contribution in [0.15, 0.2) is 116 Å². The number of thiazole rings is 2. The van der Waals surface area contributed by atoms with Gasteiger partial charge in [-0.2, -0.15) is 0 Å². The molecule has 0 atom stereocenters. The van der Waals surface area contributed by atoms with E-state index >= 15 is 0 Å². The first-order chi connectivity index (χ1) is 17.3. The third-order valence-electron chi connectivity index (χ3n) is 5.36. The van der Waals surface area contributed by atoms with E-state index in [-0.39, 0.29) is 0 Å². The van der Waals surface area contributed by atoms with Crippen molar-refractivity contribution in [3.05, 3.63) is 108 Å². The molecule has 0 aliphatic carbocycles. The SMILES string of the molecule is c1ccc2sc(SCc3ccc(Sc4ccc(CSc5nc6ccccc6s5)cc4)cc3)nc2c1. The molecule has 0 amide bonds. The van der Waals surface area contributed by atoms with Crippen LogP contribution in [-0.4, -0.2) is 9.97 Å². The molecular formula is C28H20N2S5. The second-order valence-electron chi connectivity index (χ2n) is 7.86. The Morgan fingerprint density at radius 3 is 1.37 bits per heavy atom. The summed E-state index contributed by atoms with van der Waals surface area (Å²) in [7, 11) is 0. The van der Waals surface area contributed by atoms with Gasteiger partial charge in [0.25, 0.3) is 0 Å². The molecule has 0 fully saturated rings. The minimum Gasteiger partial charge on any atom is -0.230 e. The molecule has 7 heteroatoms. The highest BCUT2D eigenvalue weighted by atomic mass is 32.2. The highest BCUT2D eigenvalue weighted by Crippen LogP contribution is 2.34. The number of thioether (sulfide) groups is 2. The molecule has 172 valence electrons. The zero-order valence-corrected chi connectivity index (χ0v) is 22.7. The molecule has 2 heterocycles. The summed E-state index contributed by atoms with van der Waals surface area (Å²) in [6, 6.07) is 34.4. The predicted octanol–water partition coefficient (Wildman–Crippen LogP) is 9.64. The molecule has 6 aromatic rings. The molecule has 0 N–H and O–H groups in total. The van der Waals surface area contributed by atoms with E-state index < -0.39 is 0 Å². The van der Waals surface area contributed by atoms with E-state index in [0.29, 0.717) is 0 Å². The summed E-state index contributed by atoms with van der Waals surface area (Å²) in [5, 5.41) is 0. The summed E-state index contributed by atoms with van der Waals surface area (Å²) in [6.45, 7) is 0. The highest BCUT2D eigenvalue weighted by Gasteiger charge is 2.06. The van der Waals surface area contributed by atoms with Gasteiger partial charge in [-0.3, -0.25) is 0 Å². The predicted molar refractivity (Wildman–Crippen MR) is 155 cm³/mol. The van der Waals surface area contributed by atoms with Crippen LogP contribution in [0.25, 0.3) is 20.4 Å². The maximum atomic E-state index is 4.72. The number of para-hydroxylation sites is 2. The van der Waals surface area contributed by atoms with Gasteiger partial charge in [0.2, 0.25) is 0 Å². The fourth-order valence-corrected chi connectivity index (χ4v) is 8.42. The van der Waals surface area contributed by atoms with Crippen molar-refractivity contribution in [2.75, 3.05) is 0 Å². The maximum absolute atomic E-state index is 4.72. The van der Waals surface area contributed by atoms with Gasteiger partial charge in [-0.15, -0.1) is 22.7 Å². The number of fused-ring (bicyclic) bond motifs is 2. The first kappa shape index (κ1) is 23.1. The lowest BCUT2D eigenvalue weighted by atomic mass is 10.2. The number of hydrogen-bond donors (Lipinski definition) is 0. The summed E-state index contributed by atoms with van der Waals surface area (Å²) >= 11 is 8.96. The van der Waals surface area contributed by atoms with Crippen molar-refractivity contribution < 1.29 is 0 Å². The monoisotopic (exact) mass is 544 g/mol. The van der Waals surface area contributed by atoms with E-state index in [1.54, 1.807) is 34.4 Å². The van der Waals surface area contributed by atoms with Gasteiger partial charge in [-0.05, 0) is 59.7 Å². The minimum atomic E-state index is 0.936. The molecule has 4 aromatic carbocycles. The van der Waals surface area contributed by atoms with Crippen LogP contribution < -0.4 is 0 Å². The van der Waals surface area contributed by atoms with Gasteiger partial charge < -0.3 is 0 Å². The first-order valence-corrected chi connectivity index (χ1v) is 15.5. The van der Waals surface area contributed by atoms with Gasteiger partial charge in [0.1, 0.15) is 0 Å². The Morgan fingerprint density at radius 2 is 0.943 bits per heavy atom. The summed E-state index contributed by atoms with van der Waals surface area (Å²) in [6.07, 6.45) is 0. The van der Waals surface area contributed by atoms with E-state index in [1.165, 1.54) is 30.3 Å². The minimum absolute atomic E-state index is 0.936. The van der Waals surface area contributed by atoms with E-state index in [0.717, 1.165) is 31.2 Å². The highest BCUT2D eigenvalue weighted by molar-refractivity contribution is 8.00. The number of hydrogen-bond acceptors (Lipinski definition) is 7. The number of rotatable bonds is 8. The van der Waals surface area contributed by atoms with Crippen LogP contribution >= 0.6 is 58.0 Å². The molecule has 0 saturated carbocycles. The summed E-state index contributed by atoms with van der Waals surface area (Å²) in [5.41, 5.74) is 4.82. The fourth-order valence-electron chi connectivity index (χ4n) is 3.56. The second-order valence-corrected chi connectivity index (χ2v) is 13.5. The molecule has 35 heavy (non-hydrogen) atoms. The van der Waals surface area contributed by atoms with E-state index in [1.807, 2.05) is 35.7 Å². The van der Waals surface area contributed by atoms with Gasteiger partial charge in [0, 0.05) is 21.3 Å². The van der Waals surface area contributed by atoms with Crippen LogP contribution in [0.2, 0.25) is 0 Å². The Bertz CT molecular complexity index is 1380. The van der Waals surface area contributed by atoms with Crippen molar-refractivity contribution >= 4 is 78.4 Å². The van der Waals surface area contributed by atoms with Gasteiger partial charge in [-0.25, -0.2) is 9.97 Å². The molecule has 0 saturated heterocycles. The summed E-state index contributed by atoms with van der Waals surface area (Å²) in [4.78, 5) is 12.0. The van der Waals surface area contributed by atoms with Crippen molar-refractivity contribution in [3.8, 4) is 0 Å². The second kappa shape index (κ2) is 10.8. The lowest BCUT2D eigenvalue weighted by Gasteiger charge is -2.05. The smallest absolute Gasteiger partial charge is 0.151 e. The molecule has 0 bridgehead atoms. The van der Waals surface area contributed by atoms with Crippen LogP contribution in [0.1, 0.15) is 11.1 Å². The Hall–Kier alpha value is -2.29. The zero-order valence-electron chi connectivity index (χ0n) is 18.6. The van der Waals surface area contributed by atoms with Crippen molar-refractivity contribution in [2.45, 2.75) is 30.0 Å². The van der Waals surface area contributed by atoms with Crippen LogP contribution in [0.4, 0.5) is 0 Å². The summed E-state index contributed by atoms with van der Waals surface area (Å²) < 4.78 is 4.77. The molecule has 2 nitrogen and oxygen atoms in total. The molecule has 0 aliphatic heterocycles. The zero-order chi connectivity index (χ0) is 23.5. The van der Waals surface area contributed by atoms with Gasteiger partial charge in [0.15, 0.2) is 8.68 Å². The number of nitrogens with zero attached hydrogens (tertiary/aromatic N) is 2. The van der Waals surface area contributed by atoms with Crippen molar-refractivity contribution in [1.29, 1.82) is 0 Å². The van der Waals surface area contributed by atoms with Crippen LogP contribution in [-0.2, 0) is 11.5 Å². The lowest BCUT2D eigenvalue weighted by Crippen LogP contribution is -1.82. The summed E-state index contributed by atoms with van der Waals surface area (Å²) in [5.74, 6) is 1.87. The Morgan fingerprint density at radius 1 is 0.514 bits per heavy atom. The van der Waals surface area contributed by atoms with Crippen LogP contribution in [0, 0.1) is 0 Å². The Kier molecular flexibility index (Phi) is 7.11. The van der Waals surface area contributed by atoms with E-state index in [2.05, 4.69) is 84.9 Å².